The lowest BCUT2D eigenvalue weighted by Gasteiger charge is -2.22. The van der Waals surface area contributed by atoms with E-state index in [-0.39, 0.29) is 19.5 Å². The molecule has 2 aromatic rings. The number of hydrogen-bond donors (Lipinski definition) is 1. The second-order valence-corrected chi connectivity index (χ2v) is 5.99. The highest BCUT2D eigenvalue weighted by Crippen LogP contribution is 2.18. The number of nitrogens with zero attached hydrogens (tertiary/aromatic N) is 1. The highest BCUT2D eigenvalue weighted by atomic mass is 19.2. The van der Waals surface area contributed by atoms with Crippen LogP contribution in [0.5, 0.6) is 5.75 Å². The molecule has 0 radical (unpaired) electrons. The second kappa shape index (κ2) is 10.4. The number of hydrogen-bond acceptors (Lipinski definition) is 4. The molecule has 28 heavy (non-hydrogen) atoms. The monoisotopic (exact) mass is 393 g/mol. The molecule has 2 aromatic carbocycles. The van der Waals surface area contributed by atoms with Gasteiger partial charge in [-0.1, -0.05) is 12.1 Å². The summed E-state index contributed by atoms with van der Waals surface area (Å²) >= 11 is 0. The van der Waals surface area contributed by atoms with Crippen molar-refractivity contribution < 1.29 is 33.0 Å². The summed E-state index contributed by atoms with van der Waals surface area (Å²) in [6, 6.07) is 9.74. The Balaban J connectivity index is 2.19. The fraction of sp³-hybridized carbons (Fsp3) is 0.300. The molecule has 0 aliphatic carbocycles. The first-order valence-electron chi connectivity index (χ1n) is 8.57. The third-order valence-corrected chi connectivity index (χ3v) is 3.88. The fourth-order valence-corrected chi connectivity index (χ4v) is 2.49. The number of ether oxygens (including phenoxy) is 2. The molecule has 0 atom stereocenters. The fourth-order valence-electron chi connectivity index (χ4n) is 2.49. The molecule has 2 rings (SSSR count). The summed E-state index contributed by atoms with van der Waals surface area (Å²) in [6.07, 6.45) is -0.278. The van der Waals surface area contributed by atoms with Gasteiger partial charge in [0.15, 0.2) is 11.6 Å². The zero-order chi connectivity index (χ0) is 20.5. The van der Waals surface area contributed by atoms with Crippen LogP contribution in [0.4, 0.5) is 8.78 Å². The number of carboxylic acids is 1. The van der Waals surface area contributed by atoms with Crippen molar-refractivity contribution in [1.82, 2.24) is 4.90 Å². The largest absolute Gasteiger partial charge is 0.491 e. The van der Waals surface area contributed by atoms with Crippen LogP contribution >= 0.6 is 0 Å². The van der Waals surface area contributed by atoms with Gasteiger partial charge in [-0.15, -0.1) is 0 Å². The van der Waals surface area contributed by atoms with Gasteiger partial charge in [-0.25, -0.2) is 8.78 Å². The minimum Gasteiger partial charge on any atom is -0.491 e. The van der Waals surface area contributed by atoms with E-state index in [1.54, 1.807) is 25.3 Å². The van der Waals surface area contributed by atoms with E-state index in [2.05, 4.69) is 0 Å². The van der Waals surface area contributed by atoms with E-state index in [9.17, 15) is 18.4 Å². The first-order chi connectivity index (χ1) is 13.4. The molecule has 0 aliphatic heterocycles. The maximum Gasteiger partial charge on any atom is 0.305 e. The van der Waals surface area contributed by atoms with Crippen LogP contribution in [0.15, 0.2) is 42.5 Å². The van der Waals surface area contributed by atoms with Gasteiger partial charge >= 0.3 is 5.97 Å². The van der Waals surface area contributed by atoms with E-state index in [1.165, 1.54) is 17.0 Å². The Hall–Kier alpha value is -3.00. The van der Waals surface area contributed by atoms with Gasteiger partial charge < -0.3 is 19.5 Å². The van der Waals surface area contributed by atoms with Crippen LogP contribution in [0.1, 0.15) is 22.3 Å². The van der Waals surface area contributed by atoms with Gasteiger partial charge in [0.1, 0.15) is 12.4 Å². The molecule has 6 nitrogen and oxygen atoms in total. The summed E-state index contributed by atoms with van der Waals surface area (Å²) < 4.78 is 37.0. The number of carbonyl (C=O) groups excluding carboxylic acids is 1. The van der Waals surface area contributed by atoms with Crippen molar-refractivity contribution in [2.24, 2.45) is 0 Å². The predicted molar refractivity (Wildman–Crippen MR) is 97.2 cm³/mol. The number of benzene rings is 2. The number of amides is 1. The lowest BCUT2D eigenvalue weighted by atomic mass is 10.1. The summed E-state index contributed by atoms with van der Waals surface area (Å²) in [5.41, 5.74) is 0.646. The van der Waals surface area contributed by atoms with E-state index < -0.39 is 23.5 Å². The molecule has 150 valence electrons. The Labute approximate surface area is 161 Å². The van der Waals surface area contributed by atoms with Crippen LogP contribution in [0, 0.1) is 11.6 Å². The summed E-state index contributed by atoms with van der Waals surface area (Å²) in [4.78, 5) is 25.1. The number of carbonyl (C=O) groups is 2. The lowest BCUT2D eigenvalue weighted by molar-refractivity contribution is -0.137. The average molecular weight is 393 g/mol. The predicted octanol–water partition coefficient (Wildman–Crippen LogP) is 3.11. The molecule has 0 saturated heterocycles. The van der Waals surface area contributed by atoms with Crippen molar-refractivity contribution in [3.63, 3.8) is 0 Å². The van der Waals surface area contributed by atoms with Gasteiger partial charge in [-0.3, -0.25) is 9.59 Å². The molecule has 0 unspecified atom stereocenters. The minimum atomic E-state index is -1.07. The number of aliphatic carboxylic acids is 1. The summed E-state index contributed by atoms with van der Waals surface area (Å²) in [5.74, 6) is -3.07. The van der Waals surface area contributed by atoms with Crippen molar-refractivity contribution in [2.75, 3.05) is 26.9 Å². The van der Waals surface area contributed by atoms with E-state index in [0.717, 1.165) is 12.1 Å². The van der Waals surface area contributed by atoms with Crippen LogP contribution < -0.4 is 4.74 Å². The summed E-state index contributed by atoms with van der Waals surface area (Å²) in [5, 5.41) is 8.95. The summed E-state index contributed by atoms with van der Waals surface area (Å²) in [7, 11) is 1.54. The molecule has 0 bridgehead atoms. The van der Waals surface area contributed by atoms with Crippen molar-refractivity contribution in [2.45, 2.75) is 13.0 Å². The number of halogens is 2. The summed E-state index contributed by atoms with van der Waals surface area (Å²) in [6.45, 7) is 0.560. The van der Waals surface area contributed by atoms with Crippen LogP contribution in [0.25, 0.3) is 0 Å². The highest BCUT2D eigenvalue weighted by Gasteiger charge is 2.18. The average Bonchev–Trinajstić information content (AvgIpc) is 2.67. The maximum absolute atomic E-state index is 13.5. The molecule has 0 spiro atoms. The van der Waals surface area contributed by atoms with Crippen molar-refractivity contribution in [3.05, 3.63) is 65.2 Å². The molecule has 1 amide bonds. The van der Waals surface area contributed by atoms with Gasteiger partial charge in [0.25, 0.3) is 5.91 Å². The van der Waals surface area contributed by atoms with E-state index >= 15 is 0 Å². The Kier molecular flexibility index (Phi) is 7.88. The smallest absolute Gasteiger partial charge is 0.305 e. The molecule has 1 N–H and O–H groups in total. The van der Waals surface area contributed by atoms with E-state index in [1.807, 2.05) is 0 Å². The van der Waals surface area contributed by atoms with Crippen molar-refractivity contribution in [3.8, 4) is 5.75 Å². The zero-order valence-electron chi connectivity index (χ0n) is 15.4. The van der Waals surface area contributed by atoms with Crippen LogP contribution in [-0.4, -0.2) is 48.8 Å². The van der Waals surface area contributed by atoms with E-state index in [0.29, 0.717) is 30.1 Å². The molecular formula is C20H21F2NO5. The Morgan fingerprint density at radius 3 is 2.54 bits per heavy atom. The first-order valence-corrected chi connectivity index (χ1v) is 8.57. The number of rotatable bonds is 10. The normalized spacial score (nSPS) is 10.5. The molecule has 0 heterocycles. The first kappa shape index (κ1) is 21.3. The lowest BCUT2D eigenvalue weighted by Crippen LogP contribution is -2.32. The van der Waals surface area contributed by atoms with Crippen molar-refractivity contribution in [1.29, 1.82) is 0 Å². The Morgan fingerprint density at radius 2 is 1.86 bits per heavy atom. The second-order valence-electron chi connectivity index (χ2n) is 5.99. The zero-order valence-corrected chi connectivity index (χ0v) is 15.4. The van der Waals surface area contributed by atoms with Gasteiger partial charge in [0.05, 0.1) is 13.0 Å². The third kappa shape index (κ3) is 6.31. The molecule has 0 aliphatic rings. The van der Waals surface area contributed by atoms with E-state index in [4.69, 9.17) is 14.6 Å². The molecule has 0 saturated carbocycles. The SMILES string of the molecule is COCCOc1cccc(C(=O)N(CCC(=O)O)Cc2ccc(F)c(F)c2)c1. The highest BCUT2D eigenvalue weighted by molar-refractivity contribution is 5.94. The molecule has 0 aromatic heterocycles. The van der Waals surface area contributed by atoms with Crippen molar-refractivity contribution >= 4 is 11.9 Å². The number of methoxy groups -OCH3 is 1. The molecule has 8 heteroatoms. The third-order valence-electron chi connectivity index (χ3n) is 3.88. The van der Waals surface area contributed by atoms with Gasteiger partial charge in [0.2, 0.25) is 0 Å². The van der Waals surface area contributed by atoms with Crippen LogP contribution in [0.2, 0.25) is 0 Å². The van der Waals surface area contributed by atoms with Crippen LogP contribution in [-0.2, 0) is 16.1 Å². The Bertz CT molecular complexity index is 828. The maximum atomic E-state index is 13.5. The molecular weight excluding hydrogens is 372 g/mol. The number of carboxylic acid groups (broad SMARTS) is 1. The molecule has 0 fully saturated rings. The Morgan fingerprint density at radius 1 is 1.07 bits per heavy atom. The minimum absolute atomic E-state index is 0.0575. The van der Waals surface area contributed by atoms with Crippen LogP contribution in [0.3, 0.4) is 0 Å². The quantitative estimate of drug-likeness (QED) is 0.628. The van der Waals surface area contributed by atoms with Gasteiger partial charge in [-0.05, 0) is 35.9 Å². The standard InChI is InChI=1S/C20H21F2NO5/c1-27-9-10-28-16-4-2-3-15(12-16)20(26)23(8-7-19(24)25)13-14-5-6-17(21)18(22)11-14/h2-6,11-12H,7-10,13H2,1H3,(H,24,25). The van der Waals surface area contributed by atoms with Gasteiger partial charge in [-0.2, -0.15) is 0 Å². The topological polar surface area (TPSA) is 76.1 Å². The van der Waals surface area contributed by atoms with Gasteiger partial charge in [0, 0.05) is 25.8 Å².